The van der Waals surface area contributed by atoms with Gasteiger partial charge in [-0.15, -0.1) is 0 Å². The molecule has 0 amide bonds. The second kappa shape index (κ2) is 5.67. The Morgan fingerprint density at radius 2 is 2.00 bits per heavy atom. The number of rotatable bonds is 5. The summed E-state index contributed by atoms with van der Waals surface area (Å²) in [5, 5.41) is 3.43. The average Bonchev–Trinajstić information content (AvgIpc) is 2.29. The van der Waals surface area contributed by atoms with E-state index in [1.165, 1.54) is 28.4 Å². The number of hydrogen-bond acceptors (Lipinski definition) is 2. The van der Waals surface area contributed by atoms with Gasteiger partial charge in [0.1, 0.15) is 0 Å². The van der Waals surface area contributed by atoms with Crippen LogP contribution in [0.25, 0.3) is 0 Å². The standard InChI is InChI=1S/C14H20INO/c1-16-13(14(17-2)8-3-9-14)10-11-4-6-12(15)7-5-11/h4-7,13,16H,3,8-10H2,1-2H3. The van der Waals surface area contributed by atoms with E-state index in [2.05, 4.69) is 52.2 Å². The van der Waals surface area contributed by atoms with Crippen LogP contribution < -0.4 is 5.32 Å². The van der Waals surface area contributed by atoms with Crippen molar-refractivity contribution in [3.05, 3.63) is 33.4 Å². The quantitative estimate of drug-likeness (QED) is 0.829. The summed E-state index contributed by atoms with van der Waals surface area (Å²) in [6, 6.07) is 9.19. The highest BCUT2D eigenvalue weighted by molar-refractivity contribution is 14.1. The Morgan fingerprint density at radius 1 is 1.35 bits per heavy atom. The fourth-order valence-electron chi connectivity index (χ4n) is 2.63. The lowest BCUT2D eigenvalue weighted by molar-refractivity contribution is -0.0966. The number of nitrogens with one attached hydrogen (secondary N) is 1. The number of ether oxygens (including phenoxy) is 1. The van der Waals surface area contributed by atoms with E-state index in [4.69, 9.17) is 4.74 Å². The molecule has 0 bridgehead atoms. The number of halogens is 1. The maximum atomic E-state index is 5.76. The molecule has 17 heavy (non-hydrogen) atoms. The SMILES string of the molecule is CNC(Cc1ccc(I)cc1)C1(OC)CCC1. The molecule has 0 aromatic heterocycles. The van der Waals surface area contributed by atoms with Gasteiger partial charge < -0.3 is 10.1 Å². The van der Waals surface area contributed by atoms with E-state index in [1.54, 1.807) is 0 Å². The van der Waals surface area contributed by atoms with E-state index in [0.717, 1.165) is 6.42 Å². The van der Waals surface area contributed by atoms with Crippen LogP contribution in [0.1, 0.15) is 24.8 Å². The van der Waals surface area contributed by atoms with Crippen LogP contribution in [0.15, 0.2) is 24.3 Å². The Hall–Kier alpha value is -0.130. The molecule has 0 aliphatic heterocycles. The van der Waals surface area contributed by atoms with E-state index >= 15 is 0 Å². The summed E-state index contributed by atoms with van der Waals surface area (Å²) in [5.41, 5.74) is 1.45. The van der Waals surface area contributed by atoms with Crippen LogP contribution in [0.5, 0.6) is 0 Å². The van der Waals surface area contributed by atoms with Crippen molar-refractivity contribution in [3.8, 4) is 0 Å². The van der Waals surface area contributed by atoms with Crippen LogP contribution in [0.2, 0.25) is 0 Å². The summed E-state index contributed by atoms with van der Waals surface area (Å²) < 4.78 is 7.05. The predicted molar refractivity (Wildman–Crippen MR) is 79.3 cm³/mol. The first-order valence-electron chi connectivity index (χ1n) is 6.17. The lowest BCUT2D eigenvalue weighted by Gasteiger charge is -2.46. The van der Waals surface area contributed by atoms with Crippen molar-refractivity contribution >= 4 is 22.6 Å². The van der Waals surface area contributed by atoms with Gasteiger partial charge in [0.25, 0.3) is 0 Å². The molecule has 0 heterocycles. The van der Waals surface area contributed by atoms with E-state index < -0.39 is 0 Å². The summed E-state index contributed by atoms with van der Waals surface area (Å²) in [4.78, 5) is 0. The van der Waals surface area contributed by atoms with E-state index in [9.17, 15) is 0 Å². The Labute approximate surface area is 117 Å². The Kier molecular flexibility index (Phi) is 4.44. The average molecular weight is 345 g/mol. The molecule has 2 nitrogen and oxygen atoms in total. The zero-order valence-electron chi connectivity index (χ0n) is 10.5. The largest absolute Gasteiger partial charge is 0.377 e. The number of hydrogen-bond donors (Lipinski definition) is 1. The summed E-state index contributed by atoms with van der Waals surface area (Å²) in [6.07, 6.45) is 4.69. The Morgan fingerprint density at radius 3 is 2.41 bits per heavy atom. The normalized spacial score (nSPS) is 19.7. The van der Waals surface area contributed by atoms with Crippen molar-refractivity contribution < 1.29 is 4.74 Å². The van der Waals surface area contributed by atoms with Gasteiger partial charge in [0.15, 0.2) is 0 Å². The Balaban J connectivity index is 2.07. The molecule has 2 rings (SSSR count). The summed E-state index contributed by atoms with van der Waals surface area (Å²) in [6.45, 7) is 0. The molecule has 1 atom stereocenters. The fraction of sp³-hybridized carbons (Fsp3) is 0.571. The van der Waals surface area contributed by atoms with E-state index in [1.807, 2.05) is 14.2 Å². The minimum atomic E-state index is 0.0672. The first-order chi connectivity index (χ1) is 8.20. The highest BCUT2D eigenvalue weighted by Gasteiger charge is 2.43. The maximum Gasteiger partial charge on any atom is 0.0834 e. The first-order valence-corrected chi connectivity index (χ1v) is 7.25. The highest BCUT2D eigenvalue weighted by Crippen LogP contribution is 2.39. The molecule has 1 saturated carbocycles. The molecule has 1 aromatic rings. The molecule has 0 saturated heterocycles. The van der Waals surface area contributed by atoms with Crippen molar-refractivity contribution in [2.24, 2.45) is 0 Å². The van der Waals surface area contributed by atoms with Gasteiger partial charge in [0.05, 0.1) is 5.60 Å². The van der Waals surface area contributed by atoms with Gasteiger partial charge >= 0.3 is 0 Å². The Bertz CT molecular complexity index is 353. The monoisotopic (exact) mass is 345 g/mol. The predicted octanol–water partition coefficient (Wildman–Crippen LogP) is 2.99. The molecule has 1 N–H and O–H groups in total. The summed E-state index contributed by atoms with van der Waals surface area (Å²) in [7, 11) is 3.88. The third-order valence-corrected chi connectivity index (χ3v) is 4.66. The van der Waals surface area contributed by atoms with Crippen molar-refractivity contribution in [2.75, 3.05) is 14.2 Å². The summed E-state index contributed by atoms with van der Waals surface area (Å²) in [5.74, 6) is 0. The molecule has 3 heteroatoms. The number of methoxy groups -OCH3 is 1. The molecule has 0 radical (unpaired) electrons. The minimum absolute atomic E-state index is 0.0672. The molecule has 94 valence electrons. The van der Waals surface area contributed by atoms with Gasteiger partial charge in [-0.05, 0) is 73.0 Å². The molecule has 1 aliphatic rings. The van der Waals surface area contributed by atoms with Gasteiger partial charge in [-0.3, -0.25) is 0 Å². The maximum absolute atomic E-state index is 5.76. The van der Waals surface area contributed by atoms with Crippen LogP contribution >= 0.6 is 22.6 Å². The lowest BCUT2D eigenvalue weighted by Crippen LogP contribution is -2.56. The van der Waals surface area contributed by atoms with Gasteiger partial charge in [0, 0.05) is 16.7 Å². The third-order valence-electron chi connectivity index (χ3n) is 3.94. The zero-order chi connectivity index (χ0) is 12.3. The molecule has 1 unspecified atom stereocenters. The van der Waals surface area contributed by atoms with Crippen molar-refractivity contribution in [2.45, 2.75) is 37.3 Å². The topological polar surface area (TPSA) is 21.3 Å². The van der Waals surface area contributed by atoms with Crippen LogP contribution in [-0.4, -0.2) is 25.8 Å². The van der Waals surface area contributed by atoms with E-state index in [0.29, 0.717) is 6.04 Å². The van der Waals surface area contributed by atoms with Crippen LogP contribution in [-0.2, 0) is 11.2 Å². The molecule has 1 fully saturated rings. The molecule has 1 aliphatic carbocycles. The van der Waals surface area contributed by atoms with Crippen LogP contribution in [0.4, 0.5) is 0 Å². The second-order valence-corrected chi connectivity index (χ2v) is 6.04. The summed E-state index contributed by atoms with van der Waals surface area (Å²) >= 11 is 2.34. The lowest BCUT2D eigenvalue weighted by atomic mass is 9.72. The smallest absolute Gasteiger partial charge is 0.0834 e. The van der Waals surface area contributed by atoms with Gasteiger partial charge in [0.2, 0.25) is 0 Å². The minimum Gasteiger partial charge on any atom is -0.377 e. The first kappa shape index (κ1) is 13.3. The molecule has 1 aromatic carbocycles. The molecular formula is C14H20INO. The fourth-order valence-corrected chi connectivity index (χ4v) is 2.99. The van der Waals surface area contributed by atoms with Gasteiger partial charge in [-0.1, -0.05) is 12.1 Å². The second-order valence-electron chi connectivity index (χ2n) is 4.79. The van der Waals surface area contributed by atoms with E-state index in [-0.39, 0.29) is 5.60 Å². The van der Waals surface area contributed by atoms with Crippen molar-refractivity contribution in [3.63, 3.8) is 0 Å². The van der Waals surface area contributed by atoms with Crippen molar-refractivity contribution in [1.82, 2.24) is 5.32 Å². The van der Waals surface area contributed by atoms with Crippen LogP contribution in [0, 0.1) is 3.57 Å². The van der Waals surface area contributed by atoms with Gasteiger partial charge in [-0.25, -0.2) is 0 Å². The van der Waals surface area contributed by atoms with Crippen molar-refractivity contribution in [1.29, 1.82) is 0 Å². The molecule has 0 spiro atoms. The highest BCUT2D eigenvalue weighted by atomic mass is 127. The van der Waals surface area contributed by atoms with Crippen LogP contribution in [0.3, 0.4) is 0 Å². The van der Waals surface area contributed by atoms with Gasteiger partial charge in [-0.2, -0.15) is 0 Å². The molecular weight excluding hydrogens is 325 g/mol. The number of likely N-dealkylation sites (N-methyl/N-ethyl adjacent to an activating group) is 1. The third kappa shape index (κ3) is 2.83. The zero-order valence-corrected chi connectivity index (χ0v) is 12.7. The number of benzene rings is 1.